The molecule has 2 saturated heterocycles. The summed E-state index contributed by atoms with van der Waals surface area (Å²) in [6, 6.07) is 15.3. The molecule has 0 aliphatic carbocycles. The van der Waals surface area contributed by atoms with Gasteiger partial charge < -0.3 is 29.7 Å². The van der Waals surface area contributed by atoms with E-state index in [4.69, 9.17) is 19.3 Å². The second-order valence-corrected chi connectivity index (χ2v) is 13.4. The standard InChI is InChI=1S/C36H50N2O8/c1-36(2,3)46-34(43)30-9-8-20-38(30)23-29-21-31(27-16-14-26(24-39)15-17-27)45-35(44-29)28-18-12-25(13-19-28)22-37-32(40)10-6-4-5-7-11-33(41)42/h12-19,29-31,35,39H,4-11,20-24H2,1-3H3,(H,37,40)(H,41,42). The SMILES string of the molecule is CC(C)(C)OC(=O)C1CCCN1CC1CC(c2ccc(CO)cc2)OC(c2ccc(CNC(=O)CCCCCCC(=O)O)cc2)O1. The molecular formula is C36H50N2O8. The van der Waals surface area contributed by atoms with Gasteiger partial charge in [0.25, 0.3) is 0 Å². The average molecular weight is 639 g/mol. The van der Waals surface area contributed by atoms with Gasteiger partial charge in [0.1, 0.15) is 11.6 Å². The van der Waals surface area contributed by atoms with Crippen molar-refractivity contribution in [1.82, 2.24) is 10.2 Å². The van der Waals surface area contributed by atoms with Crippen LogP contribution in [0.2, 0.25) is 0 Å². The number of aliphatic hydroxyl groups excluding tert-OH is 1. The third kappa shape index (κ3) is 11.2. The quantitative estimate of drug-likeness (QED) is 0.169. The largest absolute Gasteiger partial charge is 0.481 e. The van der Waals surface area contributed by atoms with Crippen molar-refractivity contribution in [2.24, 2.45) is 0 Å². The lowest BCUT2D eigenvalue weighted by Crippen LogP contribution is -2.45. The predicted molar refractivity (Wildman–Crippen MR) is 172 cm³/mol. The van der Waals surface area contributed by atoms with Crippen molar-refractivity contribution in [3.8, 4) is 0 Å². The van der Waals surface area contributed by atoms with Crippen molar-refractivity contribution < 1.29 is 38.8 Å². The fourth-order valence-corrected chi connectivity index (χ4v) is 5.97. The van der Waals surface area contributed by atoms with Gasteiger partial charge in [-0.2, -0.15) is 0 Å². The molecule has 0 radical (unpaired) electrons. The first-order valence-corrected chi connectivity index (χ1v) is 16.6. The molecule has 2 aliphatic rings. The smallest absolute Gasteiger partial charge is 0.323 e. The minimum Gasteiger partial charge on any atom is -0.481 e. The Balaban J connectivity index is 1.37. The number of aliphatic carboxylic acids is 1. The van der Waals surface area contributed by atoms with E-state index in [1.54, 1.807) is 0 Å². The Morgan fingerprint density at radius 1 is 0.913 bits per heavy atom. The summed E-state index contributed by atoms with van der Waals surface area (Å²) in [5, 5.41) is 21.2. The van der Waals surface area contributed by atoms with Crippen molar-refractivity contribution in [2.45, 2.75) is 122 Å². The van der Waals surface area contributed by atoms with E-state index < -0.39 is 17.9 Å². The van der Waals surface area contributed by atoms with E-state index in [1.165, 1.54) is 0 Å². The maximum Gasteiger partial charge on any atom is 0.323 e. The molecule has 2 fully saturated rings. The molecule has 0 aromatic heterocycles. The van der Waals surface area contributed by atoms with Crippen molar-refractivity contribution >= 4 is 17.8 Å². The van der Waals surface area contributed by atoms with Gasteiger partial charge in [0.15, 0.2) is 6.29 Å². The first-order valence-electron chi connectivity index (χ1n) is 16.6. The highest BCUT2D eigenvalue weighted by molar-refractivity contribution is 5.76. The molecule has 4 rings (SSSR count). The molecule has 0 bridgehead atoms. The number of benzene rings is 2. The maximum absolute atomic E-state index is 13.0. The molecule has 4 atom stereocenters. The number of carboxylic acid groups (broad SMARTS) is 1. The summed E-state index contributed by atoms with van der Waals surface area (Å²) in [6.07, 6.45) is 4.88. The van der Waals surface area contributed by atoms with Crippen LogP contribution in [0.4, 0.5) is 0 Å². The third-order valence-corrected chi connectivity index (χ3v) is 8.38. The van der Waals surface area contributed by atoms with Gasteiger partial charge in [0.2, 0.25) is 5.91 Å². The Hall–Kier alpha value is -3.31. The molecule has 2 heterocycles. The molecule has 10 nitrogen and oxygen atoms in total. The van der Waals surface area contributed by atoms with Gasteiger partial charge in [-0.15, -0.1) is 0 Å². The van der Waals surface area contributed by atoms with Gasteiger partial charge in [-0.25, -0.2) is 0 Å². The van der Waals surface area contributed by atoms with Crippen LogP contribution in [-0.4, -0.2) is 63.8 Å². The highest BCUT2D eigenvalue weighted by Crippen LogP contribution is 2.39. The summed E-state index contributed by atoms with van der Waals surface area (Å²) in [6.45, 7) is 7.43. The monoisotopic (exact) mass is 638 g/mol. The summed E-state index contributed by atoms with van der Waals surface area (Å²) in [5.74, 6) is -0.997. The van der Waals surface area contributed by atoms with Gasteiger partial charge in [-0.05, 0) is 69.7 Å². The minimum atomic E-state index is -0.783. The van der Waals surface area contributed by atoms with Gasteiger partial charge in [-0.3, -0.25) is 19.3 Å². The molecule has 2 aromatic rings. The number of carbonyl (C=O) groups is 3. The van der Waals surface area contributed by atoms with E-state index in [0.29, 0.717) is 32.4 Å². The second kappa shape index (κ2) is 17.0. The van der Waals surface area contributed by atoms with E-state index >= 15 is 0 Å². The fraction of sp³-hybridized carbons (Fsp3) is 0.583. The van der Waals surface area contributed by atoms with Crippen LogP contribution >= 0.6 is 0 Å². The Labute approximate surface area is 272 Å². The normalized spacial score (nSPS) is 22.0. The molecule has 2 aliphatic heterocycles. The number of nitrogens with one attached hydrogen (secondary N) is 1. The van der Waals surface area contributed by atoms with Crippen molar-refractivity contribution in [2.75, 3.05) is 13.1 Å². The van der Waals surface area contributed by atoms with Crippen LogP contribution in [0.1, 0.15) is 113 Å². The number of carbonyl (C=O) groups excluding carboxylic acids is 2. The molecule has 0 saturated carbocycles. The summed E-state index contributed by atoms with van der Waals surface area (Å²) >= 11 is 0. The predicted octanol–water partition coefficient (Wildman–Crippen LogP) is 5.57. The molecule has 2 aromatic carbocycles. The first kappa shape index (κ1) is 35.5. The Morgan fingerprint density at radius 3 is 2.22 bits per heavy atom. The lowest BCUT2D eigenvalue weighted by atomic mass is 9.99. The number of aliphatic hydroxyl groups is 1. The van der Waals surface area contributed by atoms with Crippen LogP contribution in [0.3, 0.4) is 0 Å². The number of amides is 1. The van der Waals surface area contributed by atoms with Crippen molar-refractivity contribution in [3.05, 3.63) is 70.8 Å². The van der Waals surface area contributed by atoms with Crippen molar-refractivity contribution in [1.29, 1.82) is 0 Å². The van der Waals surface area contributed by atoms with E-state index in [1.807, 2.05) is 69.3 Å². The molecule has 10 heteroatoms. The number of hydrogen-bond acceptors (Lipinski definition) is 8. The van der Waals surface area contributed by atoms with Crippen molar-refractivity contribution in [3.63, 3.8) is 0 Å². The molecule has 252 valence electrons. The van der Waals surface area contributed by atoms with E-state index in [0.717, 1.165) is 60.9 Å². The topological polar surface area (TPSA) is 135 Å². The molecule has 4 unspecified atom stereocenters. The first-order chi connectivity index (χ1) is 22.0. The number of esters is 1. The maximum atomic E-state index is 13.0. The Morgan fingerprint density at radius 2 is 1.57 bits per heavy atom. The van der Waals surface area contributed by atoms with Gasteiger partial charge in [-0.1, -0.05) is 61.4 Å². The molecule has 3 N–H and O–H groups in total. The zero-order chi connectivity index (χ0) is 33.1. The zero-order valence-corrected chi connectivity index (χ0v) is 27.4. The molecular weight excluding hydrogens is 588 g/mol. The number of likely N-dealkylation sites (tertiary alicyclic amines) is 1. The summed E-state index contributed by atoms with van der Waals surface area (Å²) in [4.78, 5) is 38.1. The van der Waals surface area contributed by atoms with Crippen LogP contribution in [0.25, 0.3) is 0 Å². The van der Waals surface area contributed by atoms with Gasteiger partial charge >= 0.3 is 11.9 Å². The lowest BCUT2D eigenvalue weighted by molar-refractivity contribution is -0.253. The number of hydrogen-bond donors (Lipinski definition) is 3. The van der Waals surface area contributed by atoms with Crippen LogP contribution in [-0.2, 0) is 41.7 Å². The zero-order valence-electron chi connectivity index (χ0n) is 27.4. The number of carboxylic acids is 1. The summed E-state index contributed by atoms with van der Waals surface area (Å²) < 4.78 is 18.7. The summed E-state index contributed by atoms with van der Waals surface area (Å²) in [7, 11) is 0. The highest BCUT2D eigenvalue weighted by atomic mass is 16.7. The number of rotatable bonds is 15. The van der Waals surface area contributed by atoms with E-state index in [-0.39, 0.29) is 43.2 Å². The van der Waals surface area contributed by atoms with E-state index in [9.17, 15) is 19.5 Å². The molecule has 46 heavy (non-hydrogen) atoms. The summed E-state index contributed by atoms with van der Waals surface area (Å²) in [5.41, 5.74) is 3.11. The Kier molecular flexibility index (Phi) is 13.1. The third-order valence-electron chi connectivity index (χ3n) is 8.38. The number of unbranched alkanes of at least 4 members (excludes halogenated alkanes) is 3. The average Bonchev–Trinajstić information content (AvgIpc) is 3.49. The number of ether oxygens (including phenoxy) is 3. The lowest BCUT2D eigenvalue weighted by Gasteiger charge is -2.38. The van der Waals surface area contributed by atoms with E-state index in [2.05, 4.69) is 10.2 Å². The number of nitrogens with zero attached hydrogens (tertiary/aromatic N) is 1. The minimum absolute atomic E-state index is 0.0224. The Bertz CT molecular complexity index is 1270. The highest BCUT2D eigenvalue weighted by Gasteiger charge is 2.38. The molecule has 1 amide bonds. The fourth-order valence-electron chi connectivity index (χ4n) is 5.97. The molecule has 0 spiro atoms. The van der Waals surface area contributed by atoms with Crippen LogP contribution in [0.15, 0.2) is 48.5 Å². The van der Waals surface area contributed by atoms with Crippen LogP contribution in [0, 0.1) is 0 Å². The van der Waals surface area contributed by atoms with Crippen LogP contribution in [0.5, 0.6) is 0 Å². The second-order valence-electron chi connectivity index (χ2n) is 13.4. The van der Waals surface area contributed by atoms with Gasteiger partial charge in [0, 0.05) is 37.9 Å². The van der Waals surface area contributed by atoms with Crippen LogP contribution < -0.4 is 5.32 Å². The van der Waals surface area contributed by atoms with Gasteiger partial charge in [0.05, 0.1) is 18.8 Å².